The van der Waals surface area contributed by atoms with Crippen molar-refractivity contribution in [1.82, 2.24) is 5.32 Å². The second kappa shape index (κ2) is 4.77. The van der Waals surface area contributed by atoms with Gasteiger partial charge >= 0.3 is 0 Å². The first-order valence-corrected chi connectivity index (χ1v) is 5.46. The van der Waals surface area contributed by atoms with Crippen LogP contribution in [0.15, 0.2) is 12.2 Å². The minimum Gasteiger partial charge on any atom is -0.375 e. The highest BCUT2D eigenvalue weighted by Crippen LogP contribution is 2.19. The van der Waals surface area contributed by atoms with E-state index in [1.54, 1.807) is 0 Å². The predicted molar refractivity (Wildman–Crippen MR) is 53.8 cm³/mol. The van der Waals surface area contributed by atoms with Gasteiger partial charge in [-0.25, -0.2) is 0 Å². The molecule has 2 rings (SSSR count). The number of allylic oxidation sites excluding steroid dienone is 1. The first-order valence-electron chi connectivity index (χ1n) is 5.46. The molecular weight excluding hydrogens is 162 g/mol. The molecule has 0 bridgehead atoms. The molecule has 1 N–H and O–H groups in total. The largest absolute Gasteiger partial charge is 0.375 e. The van der Waals surface area contributed by atoms with Crippen LogP contribution in [0.25, 0.3) is 0 Å². The van der Waals surface area contributed by atoms with E-state index < -0.39 is 0 Å². The first-order chi connectivity index (χ1) is 6.45. The molecule has 1 aliphatic heterocycles. The molecule has 1 heterocycles. The normalized spacial score (nSPS) is 30.6. The zero-order valence-electron chi connectivity index (χ0n) is 8.17. The molecule has 0 aromatic heterocycles. The zero-order chi connectivity index (χ0) is 8.93. The van der Waals surface area contributed by atoms with E-state index in [1.807, 2.05) is 0 Å². The van der Waals surface area contributed by atoms with Gasteiger partial charge in [0.05, 0.1) is 12.2 Å². The quantitative estimate of drug-likeness (QED) is 0.657. The molecule has 2 aliphatic rings. The Hall–Kier alpha value is -0.340. The highest BCUT2D eigenvalue weighted by molar-refractivity contribution is 4.91. The topological polar surface area (TPSA) is 21.3 Å². The summed E-state index contributed by atoms with van der Waals surface area (Å²) in [6.07, 6.45) is 11.5. The van der Waals surface area contributed by atoms with E-state index in [9.17, 15) is 0 Å². The maximum atomic E-state index is 6.04. The number of nitrogens with one attached hydrogen (secondary N) is 1. The molecule has 2 heteroatoms. The molecule has 0 spiro atoms. The van der Waals surface area contributed by atoms with E-state index in [2.05, 4.69) is 17.5 Å². The van der Waals surface area contributed by atoms with Gasteiger partial charge in [-0.1, -0.05) is 12.2 Å². The summed E-state index contributed by atoms with van der Waals surface area (Å²) >= 11 is 0. The van der Waals surface area contributed by atoms with Crippen molar-refractivity contribution in [3.05, 3.63) is 12.2 Å². The average molecular weight is 181 g/mol. The van der Waals surface area contributed by atoms with Gasteiger partial charge in [-0.2, -0.15) is 0 Å². The van der Waals surface area contributed by atoms with Crippen LogP contribution >= 0.6 is 0 Å². The van der Waals surface area contributed by atoms with Crippen LogP contribution in [0.5, 0.6) is 0 Å². The smallest absolute Gasteiger partial charge is 0.0616 e. The summed E-state index contributed by atoms with van der Waals surface area (Å²) in [6.45, 7) is 2.26. The third-order valence-electron chi connectivity index (χ3n) is 2.89. The summed E-state index contributed by atoms with van der Waals surface area (Å²) < 4.78 is 6.04. The van der Waals surface area contributed by atoms with Gasteiger partial charge in [0.1, 0.15) is 0 Å². The molecule has 1 fully saturated rings. The third kappa shape index (κ3) is 2.82. The molecule has 1 unspecified atom stereocenters. The lowest BCUT2D eigenvalue weighted by Crippen LogP contribution is -2.35. The molecule has 13 heavy (non-hydrogen) atoms. The van der Waals surface area contributed by atoms with Crippen molar-refractivity contribution in [1.29, 1.82) is 0 Å². The van der Waals surface area contributed by atoms with E-state index in [0.29, 0.717) is 12.2 Å². The Labute approximate surface area is 80.4 Å². The van der Waals surface area contributed by atoms with Crippen molar-refractivity contribution in [2.75, 3.05) is 13.1 Å². The van der Waals surface area contributed by atoms with E-state index >= 15 is 0 Å². The Morgan fingerprint density at radius 1 is 1.00 bits per heavy atom. The second-order valence-corrected chi connectivity index (χ2v) is 3.99. The van der Waals surface area contributed by atoms with Crippen LogP contribution in [0.1, 0.15) is 32.1 Å². The van der Waals surface area contributed by atoms with Crippen LogP contribution in [-0.2, 0) is 4.74 Å². The average Bonchev–Trinajstić information content (AvgIpc) is 2.21. The fraction of sp³-hybridized carbons (Fsp3) is 0.818. The lowest BCUT2D eigenvalue weighted by molar-refractivity contribution is -0.0295. The summed E-state index contributed by atoms with van der Waals surface area (Å²) in [5.74, 6) is 0. The fourth-order valence-electron chi connectivity index (χ4n) is 2.09. The van der Waals surface area contributed by atoms with E-state index in [-0.39, 0.29) is 0 Å². The van der Waals surface area contributed by atoms with Gasteiger partial charge in [0, 0.05) is 0 Å². The van der Waals surface area contributed by atoms with Gasteiger partial charge in [-0.05, 0) is 45.2 Å². The molecular formula is C11H19NO. The van der Waals surface area contributed by atoms with Gasteiger partial charge in [-0.15, -0.1) is 0 Å². The van der Waals surface area contributed by atoms with Crippen LogP contribution in [0.4, 0.5) is 0 Å². The summed E-state index contributed by atoms with van der Waals surface area (Å²) in [4.78, 5) is 0. The monoisotopic (exact) mass is 181 g/mol. The van der Waals surface area contributed by atoms with E-state index in [1.165, 1.54) is 25.7 Å². The summed E-state index contributed by atoms with van der Waals surface area (Å²) in [5, 5.41) is 3.36. The SMILES string of the molecule is C1=CCC(OC2CCNCC2)CC1. The second-order valence-electron chi connectivity index (χ2n) is 3.99. The lowest BCUT2D eigenvalue weighted by Gasteiger charge is -2.28. The Bertz CT molecular complexity index is 173. The molecule has 0 aromatic carbocycles. The highest BCUT2D eigenvalue weighted by Gasteiger charge is 2.18. The maximum absolute atomic E-state index is 6.04. The summed E-state index contributed by atoms with van der Waals surface area (Å²) in [7, 11) is 0. The summed E-state index contributed by atoms with van der Waals surface area (Å²) in [5.41, 5.74) is 0. The minimum absolute atomic E-state index is 0.507. The molecule has 0 radical (unpaired) electrons. The minimum atomic E-state index is 0.507. The molecule has 1 atom stereocenters. The standard InChI is InChI=1S/C11H19NO/c1-2-4-10(5-3-1)13-11-6-8-12-9-7-11/h1-2,10-12H,3-9H2. The Kier molecular flexibility index (Phi) is 3.39. The van der Waals surface area contributed by atoms with Crippen molar-refractivity contribution in [3.8, 4) is 0 Å². The van der Waals surface area contributed by atoms with Crippen LogP contribution in [0.3, 0.4) is 0 Å². The van der Waals surface area contributed by atoms with Gasteiger partial charge in [0.25, 0.3) is 0 Å². The number of hydrogen-bond acceptors (Lipinski definition) is 2. The molecule has 1 saturated heterocycles. The fourth-order valence-corrected chi connectivity index (χ4v) is 2.09. The van der Waals surface area contributed by atoms with Crippen molar-refractivity contribution in [2.24, 2.45) is 0 Å². The van der Waals surface area contributed by atoms with Gasteiger partial charge in [0.2, 0.25) is 0 Å². The molecule has 1 aliphatic carbocycles. The van der Waals surface area contributed by atoms with Crippen LogP contribution in [-0.4, -0.2) is 25.3 Å². The molecule has 74 valence electrons. The first kappa shape index (κ1) is 9.22. The highest BCUT2D eigenvalue weighted by atomic mass is 16.5. The van der Waals surface area contributed by atoms with Crippen LogP contribution in [0.2, 0.25) is 0 Å². The predicted octanol–water partition coefficient (Wildman–Crippen LogP) is 1.86. The Balaban J connectivity index is 1.72. The zero-order valence-corrected chi connectivity index (χ0v) is 8.17. The van der Waals surface area contributed by atoms with Gasteiger partial charge < -0.3 is 10.1 Å². The molecule has 0 saturated carbocycles. The molecule has 0 aromatic rings. The van der Waals surface area contributed by atoms with Crippen LogP contribution in [0, 0.1) is 0 Å². The lowest BCUT2D eigenvalue weighted by atomic mass is 10.0. The number of piperidine rings is 1. The van der Waals surface area contributed by atoms with Gasteiger partial charge in [-0.3, -0.25) is 0 Å². The van der Waals surface area contributed by atoms with Crippen molar-refractivity contribution >= 4 is 0 Å². The van der Waals surface area contributed by atoms with Gasteiger partial charge in [0.15, 0.2) is 0 Å². The maximum Gasteiger partial charge on any atom is 0.0616 e. The van der Waals surface area contributed by atoms with Crippen molar-refractivity contribution in [2.45, 2.75) is 44.3 Å². The Morgan fingerprint density at radius 3 is 2.54 bits per heavy atom. The number of hydrogen-bond donors (Lipinski definition) is 1. The van der Waals surface area contributed by atoms with E-state index in [4.69, 9.17) is 4.74 Å². The number of rotatable bonds is 2. The van der Waals surface area contributed by atoms with Crippen LogP contribution < -0.4 is 5.32 Å². The third-order valence-corrected chi connectivity index (χ3v) is 2.89. The van der Waals surface area contributed by atoms with Crippen molar-refractivity contribution in [3.63, 3.8) is 0 Å². The summed E-state index contributed by atoms with van der Waals surface area (Å²) in [6, 6.07) is 0. The molecule has 0 amide bonds. The number of ether oxygens (including phenoxy) is 1. The molecule has 2 nitrogen and oxygen atoms in total. The van der Waals surface area contributed by atoms with Crippen molar-refractivity contribution < 1.29 is 4.74 Å². The Morgan fingerprint density at radius 2 is 1.85 bits per heavy atom. The van der Waals surface area contributed by atoms with E-state index in [0.717, 1.165) is 19.5 Å².